The Bertz CT molecular complexity index is 515. The van der Waals surface area contributed by atoms with E-state index in [9.17, 15) is 5.11 Å². The van der Waals surface area contributed by atoms with Crippen molar-refractivity contribution in [2.24, 2.45) is 5.92 Å². The maximum absolute atomic E-state index is 10.3. The van der Waals surface area contributed by atoms with Crippen molar-refractivity contribution in [2.75, 3.05) is 19.6 Å². The van der Waals surface area contributed by atoms with Gasteiger partial charge in [-0.2, -0.15) is 0 Å². The lowest BCUT2D eigenvalue weighted by atomic mass is 10.00. The number of hydrogen-bond donors (Lipinski definition) is 1. The van der Waals surface area contributed by atoms with Crippen molar-refractivity contribution >= 4 is 11.0 Å². The molecule has 0 spiro atoms. The molecule has 0 bridgehead atoms. The van der Waals surface area contributed by atoms with E-state index in [4.69, 9.17) is 4.42 Å². The Morgan fingerprint density at radius 3 is 3.05 bits per heavy atom. The summed E-state index contributed by atoms with van der Waals surface area (Å²) in [4.78, 5) is 2.34. The van der Waals surface area contributed by atoms with Gasteiger partial charge in [-0.3, -0.25) is 0 Å². The molecule has 1 aliphatic rings. The number of benzene rings is 1. The van der Waals surface area contributed by atoms with E-state index >= 15 is 0 Å². The highest BCUT2D eigenvalue weighted by atomic mass is 16.4. The zero-order chi connectivity index (χ0) is 13.2. The number of piperidine rings is 1. The highest BCUT2D eigenvalue weighted by Gasteiger charge is 2.21. The van der Waals surface area contributed by atoms with Crippen molar-refractivity contribution in [3.8, 4) is 0 Å². The molecule has 0 saturated carbocycles. The first-order valence-corrected chi connectivity index (χ1v) is 7.11. The third kappa shape index (κ3) is 2.82. The number of aliphatic hydroxyl groups is 1. The Kier molecular flexibility index (Phi) is 3.58. The van der Waals surface area contributed by atoms with Crippen molar-refractivity contribution in [1.29, 1.82) is 0 Å². The van der Waals surface area contributed by atoms with Gasteiger partial charge in [-0.25, -0.2) is 0 Å². The number of fused-ring (bicyclic) bond motifs is 1. The second-order valence-electron chi connectivity index (χ2n) is 5.71. The molecule has 102 valence electrons. The van der Waals surface area contributed by atoms with Crippen LogP contribution in [0.1, 0.15) is 31.6 Å². The highest BCUT2D eigenvalue weighted by Crippen LogP contribution is 2.25. The molecule has 2 heterocycles. The van der Waals surface area contributed by atoms with Crippen LogP contribution in [-0.4, -0.2) is 29.6 Å². The first-order chi connectivity index (χ1) is 9.22. The van der Waals surface area contributed by atoms with E-state index in [1.165, 1.54) is 12.8 Å². The van der Waals surface area contributed by atoms with Gasteiger partial charge in [-0.05, 0) is 37.4 Å². The van der Waals surface area contributed by atoms with E-state index in [2.05, 4.69) is 11.8 Å². The summed E-state index contributed by atoms with van der Waals surface area (Å²) in [6, 6.07) is 9.84. The second kappa shape index (κ2) is 5.35. The van der Waals surface area contributed by atoms with Crippen molar-refractivity contribution in [1.82, 2.24) is 4.90 Å². The lowest BCUT2D eigenvalue weighted by Crippen LogP contribution is -2.37. The van der Waals surface area contributed by atoms with Gasteiger partial charge >= 0.3 is 0 Å². The number of para-hydroxylation sites is 1. The Hall–Kier alpha value is -1.32. The average molecular weight is 259 g/mol. The molecule has 2 unspecified atom stereocenters. The van der Waals surface area contributed by atoms with Gasteiger partial charge in [0.2, 0.25) is 0 Å². The van der Waals surface area contributed by atoms with E-state index in [0.29, 0.717) is 12.3 Å². The summed E-state index contributed by atoms with van der Waals surface area (Å²) in [6.07, 6.45) is 2.00. The largest absolute Gasteiger partial charge is 0.458 e. The number of hydrogen-bond acceptors (Lipinski definition) is 3. The van der Waals surface area contributed by atoms with Crippen molar-refractivity contribution in [3.05, 3.63) is 36.1 Å². The van der Waals surface area contributed by atoms with E-state index < -0.39 is 6.10 Å². The van der Waals surface area contributed by atoms with Crippen LogP contribution in [0.5, 0.6) is 0 Å². The summed E-state index contributed by atoms with van der Waals surface area (Å²) in [5, 5.41) is 11.4. The molecule has 1 aromatic carbocycles. The number of rotatable bonds is 3. The first kappa shape index (κ1) is 12.7. The lowest BCUT2D eigenvalue weighted by Gasteiger charge is -2.31. The van der Waals surface area contributed by atoms with Gasteiger partial charge in [0.05, 0.1) is 0 Å². The fourth-order valence-corrected chi connectivity index (χ4v) is 2.95. The van der Waals surface area contributed by atoms with Gasteiger partial charge in [0.25, 0.3) is 0 Å². The maximum Gasteiger partial charge on any atom is 0.135 e. The monoisotopic (exact) mass is 259 g/mol. The number of likely N-dealkylation sites (tertiary alicyclic amines) is 1. The molecule has 3 heteroatoms. The number of furan rings is 1. The number of nitrogens with zero attached hydrogens (tertiary/aromatic N) is 1. The van der Waals surface area contributed by atoms with Gasteiger partial charge in [-0.15, -0.1) is 0 Å². The molecule has 0 amide bonds. The maximum atomic E-state index is 10.3. The smallest absolute Gasteiger partial charge is 0.135 e. The molecular formula is C16H21NO2. The molecule has 3 nitrogen and oxygen atoms in total. The van der Waals surface area contributed by atoms with E-state index in [1.807, 2.05) is 30.3 Å². The molecule has 2 atom stereocenters. The zero-order valence-electron chi connectivity index (χ0n) is 11.4. The zero-order valence-corrected chi connectivity index (χ0v) is 11.4. The highest BCUT2D eigenvalue weighted by molar-refractivity contribution is 5.77. The van der Waals surface area contributed by atoms with Crippen LogP contribution in [0.15, 0.2) is 34.7 Å². The second-order valence-corrected chi connectivity index (χ2v) is 5.71. The molecule has 0 radical (unpaired) electrons. The normalized spacial score (nSPS) is 22.7. The lowest BCUT2D eigenvalue weighted by molar-refractivity contribution is 0.0747. The molecule has 1 N–H and O–H groups in total. The van der Waals surface area contributed by atoms with Crippen LogP contribution in [0.25, 0.3) is 11.0 Å². The molecule has 2 aromatic rings. The SMILES string of the molecule is CC1CCCN(CC(O)c2cc3ccccc3o2)C1. The van der Waals surface area contributed by atoms with E-state index in [0.717, 1.165) is 30.0 Å². The van der Waals surface area contributed by atoms with Gasteiger partial charge in [0.15, 0.2) is 0 Å². The van der Waals surface area contributed by atoms with Crippen LogP contribution in [0.4, 0.5) is 0 Å². The molecule has 1 fully saturated rings. The average Bonchev–Trinajstić information content (AvgIpc) is 2.82. The first-order valence-electron chi connectivity index (χ1n) is 7.11. The van der Waals surface area contributed by atoms with Crippen LogP contribution < -0.4 is 0 Å². The molecule has 1 aliphatic heterocycles. The summed E-state index contributed by atoms with van der Waals surface area (Å²) in [5.74, 6) is 1.41. The van der Waals surface area contributed by atoms with Crippen LogP contribution in [0.2, 0.25) is 0 Å². The fraction of sp³-hybridized carbons (Fsp3) is 0.500. The molecule has 19 heavy (non-hydrogen) atoms. The standard InChI is InChI=1S/C16H21NO2/c1-12-5-4-8-17(10-12)11-14(18)16-9-13-6-2-3-7-15(13)19-16/h2-3,6-7,9,12,14,18H,4-5,8,10-11H2,1H3. The van der Waals surface area contributed by atoms with Crippen LogP contribution in [-0.2, 0) is 0 Å². The van der Waals surface area contributed by atoms with Gasteiger partial charge < -0.3 is 14.4 Å². The topological polar surface area (TPSA) is 36.6 Å². The quantitative estimate of drug-likeness (QED) is 0.919. The predicted molar refractivity (Wildman–Crippen MR) is 76.0 cm³/mol. The summed E-state index contributed by atoms with van der Waals surface area (Å²) in [6.45, 7) is 5.11. The van der Waals surface area contributed by atoms with E-state index in [-0.39, 0.29) is 0 Å². The van der Waals surface area contributed by atoms with Crippen LogP contribution in [0.3, 0.4) is 0 Å². The van der Waals surface area contributed by atoms with Gasteiger partial charge in [0, 0.05) is 18.5 Å². The summed E-state index contributed by atoms with van der Waals surface area (Å²) in [7, 11) is 0. The van der Waals surface area contributed by atoms with Crippen molar-refractivity contribution < 1.29 is 9.52 Å². The predicted octanol–water partition coefficient (Wildman–Crippen LogP) is 3.20. The summed E-state index contributed by atoms with van der Waals surface area (Å²) in [5.41, 5.74) is 0.851. The third-order valence-corrected chi connectivity index (χ3v) is 3.95. The Balaban J connectivity index is 1.70. The Morgan fingerprint density at radius 1 is 1.42 bits per heavy atom. The number of β-amino-alcohol motifs (C(OH)–C–C–N with tert-alkyl or cyclic N) is 1. The van der Waals surface area contributed by atoms with Crippen molar-refractivity contribution in [2.45, 2.75) is 25.9 Å². The molecule has 3 rings (SSSR count). The molecule has 1 saturated heterocycles. The van der Waals surface area contributed by atoms with Gasteiger partial charge in [0.1, 0.15) is 17.4 Å². The van der Waals surface area contributed by atoms with Gasteiger partial charge in [-0.1, -0.05) is 25.1 Å². The minimum atomic E-state index is -0.530. The van der Waals surface area contributed by atoms with Crippen LogP contribution in [0, 0.1) is 5.92 Å². The van der Waals surface area contributed by atoms with E-state index in [1.54, 1.807) is 0 Å². The molecule has 1 aromatic heterocycles. The number of aliphatic hydroxyl groups excluding tert-OH is 1. The Morgan fingerprint density at radius 2 is 2.26 bits per heavy atom. The van der Waals surface area contributed by atoms with Crippen LogP contribution >= 0.6 is 0 Å². The Labute approximate surface area is 113 Å². The van der Waals surface area contributed by atoms with Crippen molar-refractivity contribution in [3.63, 3.8) is 0 Å². The summed E-state index contributed by atoms with van der Waals surface area (Å²) >= 11 is 0. The minimum Gasteiger partial charge on any atom is -0.458 e. The third-order valence-electron chi connectivity index (χ3n) is 3.95. The fourth-order valence-electron chi connectivity index (χ4n) is 2.95. The minimum absolute atomic E-state index is 0.530. The summed E-state index contributed by atoms with van der Waals surface area (Å²) < 4.78 is 5.72. The molecule has 0 aliphatic carbocycles. The molecular weight excluding hydrogens is 238 g/mol.